The highest BCUT2D eigenvalue weighted by Gasteiger charge is 2.14. The Morgan fingerprint density at radius 2 is 2.09 bits per heavy atom. The van der Waals surface area contributed by atoms with E-state index >= 15 is 0 Å². The quantitative estimate of drug-likeness (QED) is 0.618. The Labute approximate surface area is 127 Å². The van der Waals surface area contributed by atoms with Crippen LogP contribution in [0.3, 0.4) is 0 Å². The first-order chi connectivity index (χ1) is 10.7. The zero-order valence-electron chi connectivity index (χ0n) is 12.3. The Morgan fingerprint density at radius 3 is 2.91 bits per heavy atom. The number of benzene rings is 1. The van der Waals surface area contributed by atoms with Crippen LogP contribution in [0.5, 0.6) is 0 Å². The minimum atomic E-state index is 0.191. The molecule has 0 amide bonds. The summed E-state index contributed by atoms with van der Waals surface area (Å²) in [7, 11) is 1.68. The summed E-state index contributed by atoms with van der Waals surface area (Å²) in [5.41, 5.74) is 15.4. The van der Waals surface area contributed by atoms with Crippen LogP contribution in [0.4, 0.5) is 11.8 Å². The third-order valence-electron chi connectivity index (χ3n) is 3.52. The molecule has 2 aromatic heterocycles. The monoisotopic (exact) mass is 298 g/mol. The van der Waals surface area contributed by atoms with Crippen LogP contribution in [0, 0.1) is 0 Å². The van der Waals surface area contributed by atoms with Crippen molar-refractivity contribution in [3.8, 4) is 11.1 Å². The van der Waals surface area contributed by atoms with E-state index in [4.69, 9.17) is 16.2 Å². The molecule has 0 radical (unpaired) electrons. The number of anilines is 2. The van der Waals surface area contributed by atoms with E-state index in [0.717, 1.165) is 40.6 Å². The Hall–Kier alpha value is -2.67. The van der Waals surface area contributed by atoms with Crippen LogP contribution in [0.1, 0.15) is 12.1 Å². The van der Waals surface area contributed by atoms with Crippen LogP contribution in [0.2, 0.25) is 0 Å². The predicted octanol–water partition coefficient (Wildman–Crippen LogP) is 1.76. The fraction of sp³-hybridized carbons (Fsp3) is 0.267. The molecule has 1 aromatic carbocycles. The number of nitrogens with two attached hydrogens (primary N) is 2. The number of hydrogen-bond donors (Lipinski definition) is 3. The Bertz CT molecular complexity index is 798. The Balaban J connectivity index is 2.07. The fourth-order valence-corrected chi connectivity index (χ4v) is 2.52. The van der Waals surface area contributed by atoms with Crippen LogP contribution < -0.4 is 11.5 Å². The second kappa shape index (κ2) is 5.98. The van der Waals surface area contributed by atoms with Crippen molar-refractivity contribution in [3.63, 3.8) is 0 Å². The molecule has 2 heterocycles. The van der Waals surface area contributed by atoms with Gasteiger partial charge in [-0.3, -0.25) is 5.10 Å². The number of nitrogen functional groups attached to an aromatic ring is 2. The molecule has 7 heteroatoms. The number of nitrogens with zero attached hydrogens (tertiary/aromatic N) is 3. The normalized spacial score (nSPS) is 11.1. The molecule has 0 saturated heterocycles. The van der Waals surface area contributed by atoms with Gasteiger partial charge < -0.3 is 16.2 Å². The number of aromatic nitrogens is 4. The van der Waals surface area contributed by atoms with Crippen LogP contribution in [0.25, 0.3) is 22.0 Å². The molecule has 3 aromatic rings. The van der Waals surface area contributed by atoms with Crippen LogP contribution in [0.15, 0.2) is 24.4 Å². The van der Waals surface area contributed by atoms with E-state index < -0.39 is 0 Å². The maximum Gasteiger partial charge on any atom is 0.222 e. The summed E-state index contributed by atoms with van der Waals surface area (Å²) >= 11 is 0. The molecular formula is C15H18N6O. The van der Waals surface area contributed by atoms with Crippen LogP contribution in [-0.2, 0) is 11.2 Å². The largest absolute Gasteiger partial charge is 0.385 e. The summed E-state index contributed by atoms with van der Waals surface area (Å²) in [5.74, 6) is 0.579. The number of nitrogens with one attached hydrogen (secondary N) is 1. The topological polar surface area (TPSA) is 116 Å². The number of hydrogen-bond acceptors (Lipinski definition) is 6. The summed E-state index contributed by atoms with van der Waals surface area (Å²) in [4.78, 5) is 8.45. The van der Waals surface area contributed by atoms with E-state index in [1.807, 2.05) is 18.2 Å². The van der Waals surface area contributed by atoms with E-state index in [1.54, 1.807) is 13.3 Å². The number of fused-ring (bicyclic) bond motifs is 1. The molecule has 114 valence electrons. The molecule has 0 bridgehead atoms. The second-order valence-corrected chi connectivity index (χ2v) is 5.06. The third-order valence-corrected chi connectivity index (χ3v) is 3.52. The molecule has 5 N–H and O–H groups in total. The van der Waals surface area contributed by atoms with Crippen LogP contribution in [-0.4, -0.2) is 33.9 Å². The van der Waals surface area contributed by atoms with E-state index in [1.165, 1.54) is 0 Å². The SMILES string of the molecule is COCCCc1nc(N)nc(N)c1-c1ccc2cn[nH]c2c1. The summed E-state index contributed by atoms with van der Waals surface area (Å²) in [5, 5.41) is 8.03. The van der Waals surface area contributed by atoms with E-state index in [2.05, 4.69) is 20.2 Å². The maximum absolute atomic E-state index is 6.09. The van der Waals surface area contributed by atoms with Gasteiger partial charge in [-0.1, -0.05) is 12.1 Å². The summed E-state index contributed by atoms with van der Waals surface area (Å²) in [6.07, 6.45) is 3.34. The Morgan fingerprint density at radius 1 is 1.23 bits per heavy atom. The van der Waals surface area contributed by atoms with Gasteiger partial charge in [0.15, 0.2) is 0 Å². The molecule has 0 aliphatic heterocycles. The zero-order valence-corrected chi connectivity index (χ0v) is 12.3. The molecule has 0 spiro atoms. The predicted molar refractivity (Wildman–Crippen MR) is 86.1 cm³/mol. The minimum absolute atomic E-state index is 0.191. The zero-order chi connectivity index (χ0) is 15.5. The third kappa shape index (κ3) is 2.71. The van der Waals surface area contributed by atoms with E-state index in [0.29, 0.717) is 12.4 Å². The summed E-state index contributed by atoms with van der Waals surface area (Å²) in [6.45, 7) is 0.656. The lowest BCUT2D eigenvalue weighted by Crippen LogP contribution is -2.07. The lowest BCUT2D eigenvalue weighted by molar-refractivity contribution is 0.195. The minimum Gasteiger partial charge on any atom is -0.385 e. The average Bonchev–Trinajstić information content (AvgIpc) is 2.94. The first-order valence-electron chi connectivity index (χ1n) is 7.03. The van der Waals surface area contributed by atoms with Gasteiger partial charge in [-0.05, 0) is 24.5 Å². The van der Waals surface area contributed by atoms with E-state index in [9.17, 15) is 0 Å². The molecule has 0 atom stereocenters. The number of ether oxygens (including phenoxy) is 1. The van der Waals surface area contributed by atoms with Crippen molar-refractivity contribution in [2.45, 2.75) is 12.8 Å². The van der Waals surface area contributed by atoms with Gasteiger partial charge in [0.05, 0.1) is 17.4 Å². The maximum atomic E-state index is 6.09. The molecule has 0 fully saturated rings. The summed E-state index contributed by atoms with van der Waals surface area (Å²) < 4.78 is 5.10. The van der Waals surface area contributed by atoms with Gasteiger partial charge in [0.25, 0.3) is 0 Å². The molecule has 0 aliphatic carbocycles. The molecule has 0 unspecified atom stereocenters. The van der Waals surface area contributed by atoms with Crippen molar-refractivity contribution in [2.24, 2.45) is 0 Å². The fourth-order valence-electron chi connectivity index (χ4n) is 2.52. The smallest absolute Gasteiger partial charge is 0.222 e. The highest BCUT2D eigenvalue weighted by Crippen LogP contribution is 2.30. The van der Waals surface area contributed by atoms with Crippen molar-refractivity contribution >= 4 is 22.7 Å². The van der Waals surface area contributed by atoms with Crippen molar-refractivity contribution in [3.05, 3.63) is 30.1 Å². The number of methoxy groups -OCH3 is 1. The van der Waals surface area contributed by atoms with Gasteiger partial charge in [0.1, 0.15) is 5.82 Å². The lowest BCUT2D eigenvalue weighted by atomic mass is 10.0. The first-order valence-corrected chi connectivity index (χ1v) is 7.03. The van der Waals surface area contributed by atoms with Gasteiger partial charge >= 0.3 is 0 Å². The number of aryl methyl sites for hydroxylation is 1. The second-order valence-electron chi connectivity index (χ2n) is 5.06. The van der Waals surface area contributed by atoms with Crippen molar-refractivity contribution < 1.29 is 4.74 Å². The van der Waals surface area contributed by atoms with Gasteiger partial charge in [0.2, 0.25) is 5.95 Å². The highest BCUT2D eigenvalue weighted by molar-refractivity contribution is 5.87. The van der Waals surface area contributed by atoms with Crippen molar-refractivity contribution in [1.29, 1.82) is 0 Å². The molecule has 7 nitrogen and oxygen atoms in total. The van der Waals surface area contributed by atoms with Gasteiger partial charge in [-0.2, -0.15) is 10.1 Å². The molecule has 3 rings (SSSR count). The summed E-state index contributed by atoms with van der Waals surface area (Å²) in [6, 6.07) is 5.97. The first kappa shape index (κ1) is 14.3. The average molecular weight is 298 g/mol. The van der Waals surface area contributed by atoms with Crippen molar-refractivity contribution in [2.75, 3.05) is 25.2 Å². The van der Waals surface area contributed by atoms with Gasteiger partial charge in [-0.25, -0.2) is 4.98 Å². The highest BCUT2D eigenvalue weighted by atomic mass is 16.5. The lowest BCUT2D eigenvalue weighted by Gasteiger charge is -2.12. The van der Waals surface area contributed by atoms with E-state index in [-0.39, 0.29) is 5.95 Å². The van der Waals surface area contributed by atoms with Gasteiger partial charge in [0, 0.05) is 24.7 Å². The molecule has 22 heavy (non-hydrogen) atoms. The number of H-pyrrole nitrogens is 1. The number of rotatable bonds is 5. The molecule has 0 saturated carbocycles. The van der Waals surface area contributed by atoms with Crippen LogP contribution >= 0.6 is 0 Å². The molecule has 0 aliphatic rings. The number of aromatic amines is 1. The Kier molecular flexibility index (Phi) is 3.88. The van der Waals surface area contributed by atoms with Crippen molar-refractivity contribution in [1.82, 2.24) is 20.2 Å². The standard InChI is InChI=1S/C15H18N6O/c1-22-6-2-3-11-13(14(16)20-15(17)19-11)9-4-5-10-8-18-21-12(10)7-9/h4-5,7-8H,2-3,6H2,1H3,(H,18,21)(H4,16,17,19,20). The van der Waals surface area contributed by atoms with Gasteiger partial charge in [-0.15, -0.1) is 0 Å². The molecular weight excluding hydrogens is 280 g/mol.